The SMILES string of the molecule is Cc1cc(OCCN2CCC(C)CC2)cc(C(C)C)c1.O=C(O)C(=O)O. The number of carbonyl (C=O) groups is 2. The lowest BCUT2D eigenvalue weighted by molar-refractivity contribution is -0.159. The van der Waals surface area contributed by atoms with Crippen LogP contribution in [-0.2, 0) is 9.59 Å². The molecule has 1 fully saturated rings. The van der Waals surface area contributed by atoms with Gasteiger partial charge >= 0.3 is 11.9 Å². The van der Waals surface area contributed by atoms with E-state index in [1.165, 1.54) is 37.1 Å². The summed E-state index contributed by atoms with van der Waals surface area (Å²) in [6, 6.07) is 6.59. The molecular weight excluding hydrogens is 334 g/mol. The molecule has 1 aromatic rings. The van der Waals surface area contributed by atoms with Crippen molar-refractivity contribution in [2.24, 2.45) is 5.92 Å². The number of benzene rings is 1. The summed E-state index contributed by atoms with van der Waals surface area (Å²) in [5.74, 6) is -1.16. The van der Waals surface area contributed by atoms with Gasteiger partial charge in [0, 0.05) is 6.54 Å². The van der Waals surface area contributed by atoms with Gasteiger partial charge in [-0.1, -0.05) is 26.8 Å². The topological polar surface area (TPSA) is 87.1 Å². The molecule has 6 heteroatoms. The van der Waals surface area contributed by atoms with Crippen molar-refractivity contribution in [3.05, 3.63) is 29.3 Å². The van der Waals surface area contributed by atoms with E-state index in [0.717, 1.165) is 24.8 Å². The van der Waals surface area contributed by atoms with E-state index in [-0.39, 0.29) is 0 Å². The van der Waals surface area contributed by atoms with E-state index < -0.39 is 11.9 Å². The zero-order valence-corrected chi connectivity index (χ0v) is 16.2. The minimum atomic E-state index is -1.82. The zero-order valence-electron chi connectivity index (χ0n) is 16.2. The Kier molecular flexibility index (Phi) is 9.13. The lowest BCUT2D eigenvalue weighted by Crippen LogP contribution is -2.35. The van der Waals surface area contributed by atoms with Crippen LogP contribution in [0, 0.1) is 12.8 Å². The number of hydrogen-bond donors (Lipinski definition) is 2. The monoisotopic (exact) mass is 365 g/mol. The first-order valence-electron chi connectivity index (χ1n) is 9.12. The van der Waals surface area contributed by atoms with Gasteiger partial charge in [-0.2, -0.15) is 0 Å². The summed E-state index contributed by atoms with van der Waals surface area (Å²) in [5, 5.41) is 14.8. The minimum Gasteiger partial charge on any atom is -0.492 e. The first-order valence-corrected chi connectivity index (χ1v) is 9.12. The molecule has 0 saturated carbocycles. The van der Waals surface area contributed by atoms with Gasteiger partial charge in [0.15, 0.2) is 0 Å². The molecule has 1 aromatic carbocycles. The van der Waals surface area contributed by atoms with E-state index in [0.29, 0.717) is 5.92 Å². The van der Waals surface area contributed by atoms with Crippen molar-refractivity contribution in [1.82, 2.24) is 4.90 Å². The van der Waals surface area contributed by atoms with Gasteiger partial charge in [-0.05, 0) is 68.0 Å². The Hall–Kier alpha value is -2.08. The lowest BCUT2D eigenvalue weighted by Gasteiger charge is -2.29. The molecular formula is C20H31NO5. The highest BCUT2D eigenvalue weighted by Gasteiger charge is 2.15. The first kappa shape index (κ1) is 22.0. The average molecular weight is 365 g/mol. The average Bonchev–Trinajstić information content (AvgIpc) is 2.56. The van der Waals surface area contributed by atoms with Crippen molar-refractivity contribution in [2.45, 2.75) is 46.5 Å². The molecule has 1 saturated heterocycles. The Bertz CT molecular complexity index is 580. The molecule has 1 aliphatic rings. The highest BCUT2D eigenvalue weighted by atomic mass is 16.5. The van der Waals surface area contributed by atoms with Gasteiger partial charge < -0.3 is 14.9 Å². The van der Waals surface area contributed by atoms with Crippen LogP contribution in [-0.4, -0.2) is 53.3 Å². The molecule has 0 radical (unpaired) electrons. The van der Waals surface area contributed by atoms with Crippen molar-refractivity contribution in [3.8, 4) is 5.75 Å². The second kappa shape index (κ2) is 10.8. The summed E-state index contributed by atoms with van der Waals surface area (Å²) in [6.07, 6.45) is 2.67. The van der Waals surface area contributed by atoms with Crippen molar-refractivity contribution in [3.63, 3.8) is 0 Å². The quantitative estimate of drug-likeness (QED) is 0.778. The molecule has 0 aliphatic carbocycles. The van der Waals surface area contributed by atoms with Crippen LogP contribution >= 0.6 is 0 Å². The number of aliphatic carboxylic acids is 2. The fraction of sp³-hybridized carbons (Fsp3) is 0.600. The number of hydrogen-bond acceptors (Lipinski definition) is 4. The maximum Gasteiger partial charge on any atom is 0.414 e. The number of nitrogens with zero attached hydrogens (tertiary/aromatic N) is 1. The van der Waals surface area contributed by atoms with Crippen LogP contribution in [0.1, 0.15) is 50.7 Å². The number of ether oxygens (including phenoxy) is 1. The molecule has 0 bridgehead atoms. The van der Waals surface area contributed by atoms with Crippen molar-refractivity contribution >= 4 is 11.9 Å². The number of carboxylic acid groups (broad SMARTS) is 2. The lowest BCUT2D eigenvalue weighted by atomic mass is 9.99. The smallest absolute Gasteiger partial charge is 0.414 e. The van der Waals surface area contributed by atoms with Gasteiger partial charge in [-0.15, -0.1) is 0 Å². The number of carboxylic acids is 2. The molecule has 0 amide bonds. The highest BCUT2D eigenvalue weighted by molar-refractivity contribution is 6.27. The minimum absolute atomic E-state index is 0.556. The van der Waals surface area contributed by atoms with Gasteiger partial charge in [0.1, 0.15) is 12.4 Å². The molecule has 2 N–H and O–H groups in total. The first-order chi connectivity index (χ1) is 12.2. The van der Waals surface area contributed by atoms with Crippen LogP contribution in [0.4, 0.5) is 0 Å². The molecule has 6 nitrogen and oxygen atoms in total. The van der Waals surface area contributed by atoms with E-state index in [1.807, 2.05) is 0 Å². The molecule has 1 aliphatic heterocycles. The predicted molar refractivity (Wildman–Crippen MR) is 101 cm³/mol. The summed E-state index contributed by atoms with van der Waals surface area (Å²) in [4.78, 5) is 20.7. The number of likely N-dealkylation sites (tertiary alicyclic amines) is 1. The summed E-state index contributed by atoms with van der Waals surface area (Å²) in [6.45, 7) is 13.3. The predicted octanol–water partition coefficient (Wildman–Crippen LogP) is 3.38. The molecule has 26 heavy (non-hydrogen) atoms. The maximum atomic E-state index is 9.10. The van der Waals surface area contributed by atoms with Gasteiger partial charge in [0.2, 0.25) is 0 Å². The van der Waals surface area contributed by atoms with Gasteiger partial charge in [0.25, 0.3) is 0 Å². The molecule has 0 atom stereocenters. The van der Waals surface area contributed by atoms with Crippen molar-refractivity contribution in [2.75, 3.05) is 26.2 Å². The third-order valence-corrected chi connectivity index (χ3v) is 4.48. The standard InChI is InChI=1S/C18H29NO.C2H2O4/c1-14(2)17-11-16(4)12-18(13-17)20-10-9-19-7-5-15(3)6-8-19;3-1(4)2(5)6/h11-15H,5-10H2,1-4H3;(H,3,4)(H,5,6). The van der Waals surface area contributed by atoms with Crippen LogP contribution in [0.5, 0.6) is 5.75 Å². The van der Waals surface area contributed by atoms with E-state index in [1.54, 1.807) is 0 Å². The second-order valence-electron chi connectivity index (χ2n) is 7.22. The largest absolute Gasteiger partial charge is 0.492 e. The van der Waals surface area contributed by atoms with Crippen LogP contribution in [0.25, 0.3) is 0 Å². The Morgan fingerprint density at radius 1 is 1.15 bits per heavy atom. The summed E-state index contributed by atoms with van der Waals surface area (Å²) < 4.78 is 5.97. The Balaban J connectivity index is 0.000000487. The van der Waals surface area contributed by atoms with Gasteiger partial charge in [-0.3, -0.25) is 4.90 Å². The van der Waals surface area contributed by atoms with Crippen molar-refractivity contribution < 1.29 is 24.5 Å². The fourth-order valence-corrected chi connectivity index (χ4v) is 2.77. The van der Waals surface area contributed by atoms with E-state index in [2.05, 4.69) is 50.8 Å². The Morgan fingerprint density at radius 3 is 2.23 bits per heavy atom. The zero-order chi connectivity index (χ0) is 19.7. The number of aryl methyl sites for hydroxylation is 1. The third kappa shape index (κ3) is 8.34. The van der Waals surface area contributed by atoms with E-state index >= 15 is 0 Å². The second-order valence-corrected chi connectivity index (χ2v) is 7.22. The number of rotatable bonds is 5. The summed E-state index contributed by atoms with van der Waals surface area (Å²) in [5.41, 5.74) is 2.66. The third-order valence-electron chi connectivity index (χ3n) is 4.48. The Morgan fingerprint density at radius 2 is 1.73 bits per heavy atom. The highest BCUT2D eigenvalue weighted by Crippen LogP contribution is 2.23. The number of piperidine rings is 1. The van der Waals surface area contributed by atoms with Crippen LogP contribution in [0.15, 0.2) is 18.2 Å². The van der Waals surface area contributed by atoms with Crippen LogP contribution in [0.2, 0.25) is 0 Å². The molecule has 146 valence electrons. The van der Waals surface area contributed by atoms with Crippen molar-refractivity contribution in [1.29, 1.82) is 0 Å². The summed E-state index contributed by atoms with van der Waals surface area (Å²) in [7, 11) is 0. The van der Waals surface area contributed by atoms with Crippen LogP contribution in [0.3, 0.4) is 0 Å². The van der Waals surface area contributed by atoms with Gasteiger partial charge in [-0.25, -0.2) is 9.59 Å². The Labute approximate surface area is 155 Å². The molecule has 0 aromatic heterocycles. The molecule has 0 spiro atoms. The molecule has 1 heterocycles. The fourth-order valence-electron chi connectivity index (χ4n) is 2.77. The van der Waals surface area contributed by atoms with E-state index in [9.17, 15) is 0 Å². The summed E-state index contributed by atoms with van der Waals surface area (Å²) >= 11 is 0. The molecule has 2 rings (SSSR count). The van der Waals surface area contributed by atoms with Gasteiger partial charge in [0.05, 0.1) is 0 Å². The maximum absolute atomic E-state index is 9.10. The molecule has 0 unspecified atom stereocenters. The van der Waals surface area contributed by atoms with Crippen LogP contribution < -0.4 is 4.74 Å². The normalized spacial score (nSPS) is 15.3. The van der Waals surface area contributed by atoms with E-state index in [4.69, 9.17) is 24.5 Å².